The highest BCUT2D eigenvalue weighted by Gasteiger charge is 2.10. The molecule has 0 aliphatic rings. The molecule has 0 bridgehead atoms. The maximum Gasteiger partial charge on any atom is 0.141 e. The third-order valence-corrected chi connectivity index (χ3v) is 4.15. The van der Waals surface area contributed by atoms with Gasteiger partial charge in [-0.3, -0.25) is 0 Å². The van der Waals surface area contributed by atoms with E-state index in [1.54, 1.807) is 23.9 Å². The highest BCUT2D eigenvalue weighted by atomic mass is 32.2. The Balaban J connectivity index is 2.14. The van der Waals surface area contributed by atoms with E-state index in [0.29, 0.717) is 5.75 Å². The van der Waals surface area contributed by atoms with Crippen LogP contribution in [0.3, 0.4) is 0 Å². The van der Waals surface area contributed by atoms with Gasteiger partial charge in [0, 0.05) is 22.7 Å². The summed E-state index contributed by atoms with van der Waals surface area (Å²) in [5.41, 5.74) is 2.20. The summed E-state index contributed by atoms with van der Waals surface area (Å²) in [6, 6.07) is 6.49. The van der Waals surface area contributed by atoms with Gasteiger partial charge in [-0.2, -0.15) is 0 Å². The number of nitrogens with one attached hydrogen (secondary N) is 1. The molecule has 1 heterocycles. The fourth-order valence-corrected chi connectivity index (χ4v) is 2.89. The average Bonchev–Trinajstić information content (AvgIpc) is 2.47. The van der Waals surface area contributed by atoms with Crippen molar-refractivity contribution in [3.05, 3.63) is 47.2 Å². The summed E-state index contributed by atoms with van der Waals surface area (Å²) in [4.78, 5) is 10.2. The number of hydrogen-bond acceptors (Lipinski definition) is 4. The lowest BCUT2D eigenvalue weighted by molar-refractivity contribution is 0.626. The summed E-state index contributed by atoms with van der Waals surface area (Å²) < 4.78 is 12.9. The van der Waals surface area contributed by atoms with Gasteiger partial charge in [-0.05, 0) is 44.5 Å². The van der Waals surface area contributed by atoms with Crippen LogP contribution < -0.4 is 5.32 Å². The molecule has 0 saturated heterocycles. The normalized spacial score (nSPS) is 10.7. The monoisotopic (exact) mass is 305 g/mol. The van der Waals surface area contributed by atoms with E-state index in [4.69, 9.17) is 0 Å². The third kappa shape index (κ3) is 4.17. The van der Waals surface area contributed by atoms with Gasteiger partial charge in [0.2, 0.25) is 0 Å². The summed E-state index contributed by atoms with van der Waals surface area (Å²) in [5, 5.41) is 3.30. The molecule has 3 nitrogen and oxygen atoms in total. The van der Waals surface area contributed by atoms with Crippen LogP contribution in [-0.2, 0) is 12.2 Å². The quantitative estimate of drug-likeness (QED) is 0.811. The molecule has 0 saturated carbocycles. The van der Waals surface area contributed by atoms with Gasteiger partial charge < -0.3 is 5.32 Å². The van der Waals surface area contributed by atoms with Crippen molar-refractivity contribution in [3.8, 4) is 0 Å². The van der Waals surface area contributed by atoms with Crippen LogP contribution in [0, 0.1) is 12.7 Å². The topological polar surface area (TPSA) is 37.8 Å². The summed E-state index contributed by atoms with van der Waals surface area (Å²) in [5.74, 6) is 2.19. The predicted molar refractivity (Wildman–Crippen MR) is 86.3 cm³/mol. The first kappa shape index (κ1) is 15.8. The Morgan fingerprint density at radius 1 is 1.14 bits per heavy atom. The van der Waals surface area contributed by atoms with Gasteiger partial charge in [0.15, 0.2) is 0 Å². The number of halogens is 1. The lowest BCUT2D eigenvalue weighted by atomic mass is 10.1. The predicted octanol–water partition coefficient (Wildman–Crippen LogP) is 4.21. The zero-order valence-corrected chi connectivity index (χ0v) is 13.4. The minimum atomic E-state index is -0.215. The Labute approximate surface area is 129 Å². The Morgan fingerprint density at radius 2 is 1.86 bits per heavy atom. The molecule has 21 heavy (non-hydrogen) atoms. The lowest BCUT2D eigenvalue weighted by Gasteiger charge is -2.12. The van der Waals surface area contributed by atoms with E-state index >= 15 is 0 Å². The van der Waals surface area contributed by atoms with Crippen LogP contribution in [0.2, 0.25) is 0 Å². The second-order valence-electron chi connectivity index (χ2n) is 4.68. The fourth-order valence-electron chi connectivity index (χ4n) is 2.13. The maximum atomic E-state index is 12.9. The molecule has 112 valence electrons. The van der Waals surface area contributed by atoms with E-state index in [9.17, 15) is 4.39 Å². The van der Waals surface area contributed by atoms with E-state index in [1.807, 2.05) is 6.92 Å². The number of hydrogen-bond donors (Lipinski definition) is 1. The molecule has 1 aromatic carbocycles. The molecular formula is C16H20FN3S. The van der Waals surface area contributed by atoms with E-state index in [1.165, 1.54) is 17.7 Å². The van der Waals surface area contributed by atoms with Gasteiger partial charge in [-0.1, -0.05) is 6.92 Å². The second kappa shape index (κ2) is 7.41. The summed E-state index contributed by atoms with van der Waals surface area (Å²) in [6.45, 7) is 7.03. The number of nitrogens with zero attached hydrogens (tertiary/aromatic N) is 2. The molecule has 2 aromatic rings. The molecule has 1 aromatic heterocycles. The van der Waals surface area contributed by atoms with Gasteiger partial charge in [0.25, 0.3) is 0 Å². The van der Waals surface area contributed by atoms with Crippen LogP contribution in [0.4, 0.5) is 10.2 Å². The van der Waals surface area contributed by atoms with Crippen molar-refractivity contribution in [2.75, 3.05) is 11.9 Å². The average molecular weight is 305 g/mol. The van der Waals surface area contributed by atoms with E-state index in [-0.39, 0.29) is 5.82 Å². The van der Waals surface area contributed by atoms with E-state index in [2.05, 4.69) is 29.1 Å². The number of rotatable bonds is 6. The van der Waals surface area contributed by atoms with Crippen LogP contribution >= 0.6 is 11.8 Å². The number of aromatic nitrogens is 2. The Morgan fingerprint density at radius 3 is 2.48 bits per heavy atom. The maximum absolute atomic E-state index is 12.9. The first-order valence-electron chi connectivity index (χ1n) is 7.12. The molecular weight excluding hydrogens is 285 g/mol. The van der Waals surface area contributed by atoms with Gasteiger partial charge in [0.1, 0.15) is 17.5 Å². The first-order chi connectivity index (χ1) is 10.1. The molecule has 1 N–H and O–H groups in total. The summed E-state index contributed by atoms with van der Waals surface area (Å²) in [7, 11) is 0. The van der Waals surface area contributed by atoms with Crippen molar-refractivity contribution in [1.82, 2.24) is 9.97 Å². The molecule has 0 fully saturated rings. The zero-order valence-electron chi connectivity index (χ0n) is 12.6. The van der Waals surface area contributed by atoms with Gasteiger partial charge in [0.05, 0.1) is 5.75 Å². The standard InChI is InChI=1S/C16H20FN3S/c1-4-14-11(3)19-15(20-16(14)18-5-2)10-21-13-8-6-12(17)7-9-13/h6-9H,4-5,10H2,1-3H3,(H,18,19,20). The van der Waals surface area contributed by atoms with Crippen molar-refractivity contribution in [2.24, 2.45) is 0 Å². The molecule has 0 aliphatic heterocycles. The lowest BCUT2D eigenvalue weighted by Crippen LogP contribution is -2.09. The van der Waals surface area contributed by atoms with Gasteiger partial charge in [-0.15, -0.1) is 11.8 Å². The van der Waals surface area contributed by atoms with Crippen molar-refractivity contribution < 1.29 is 4.39 Å². The second-order valence-corrected chi connectivity index (χ2v) is 5.73. The Kier molecular flexibility index (Phi) is 5.56. The molecule has 0 aliphatic carbocycles. The number of thioether (sulfide) groups is 1. The summed E-state index contributed by atoms with van der Waals surface area (Å²) in [6.07, 6.45) is 0.916. The minimum Gasteiger partial charge on any atom is -0.370 e. The molecule has 0 atom stereocenters. The zero-order chi connectivity index (χ0) is 15.2. The van der Waals surface area contributed by atoms with Crippen molar-refractivity contribution in [1.29, 1.82) is 0 Å². The molecule has 0 radical (unpaired) electrons. The molecule has 0 unspecified atom stereocenters. The highest BCUT2D eigenvalue weighted by molar-refractivity contribution is 7.98. The molecule has 0 amide bonds. The smallest absolute Gasteiger partial charge is 0.141 e. The minimum absolute atomic E-state index is 0.215. The Hall–Kier alpha value is -1.62. The molecule has 2 rings (SSSR count). The number of anilines is 1. The van der Waals surface area contributed by atoms with Crippen LogP contribution in [0.25, 0.3) is 0 Å². The van der Waals surface area contributed by atoms with Crippen molar-refractivity contribution in [3.63, 3.8) is 0 Å². The molecule has 0 spiro atoms. The van der Waals surface area contributed by atoms with Crippen LogP contribution in [0.5, 0.6) is 0 Å². The SMILES string of the molecule is CCNc1nc(CSc2ccc(F)cc2)nc(C)c1CC. The largest absolute Gasteiger partial charge is 0.370 e. The Bertz CT molecular complexity index is 599. The van der Waals surface area contributed by atoms with E-state index in [0.717, 1.165) is 35.2 Å². The fraction of sp³-hybridized carbons (Fsp3) is 0.375. The van der Waals surface area contributed by atoms with Gasteiger partial charge >= 0.3 is 0 Å². The van der Waals surface area contributed by atoms with Gasteiger partial charge in [-0.25, -0.2) is 14.4 Å². The van der Waals surface area contributed by atoms with Crippen molar-refractivity contribution in [2.45, 2.75) is 37.8 Å². The van der Waals surface area contributed by atoms with Crippen molar-refractivity contribution >= 4 is 17.6 Å². The highest BCUT2D eigenvalue weighted by Crippen LogP contribution is 2.24. The van der Waals surface area contributed by atoms with E-state index < -0.39 is 0 Å². The summed E-state index contributed by atoms with van der Waals surface area (Å²) >= 11 is 1.61. The number of aryl methyl sites for hydroxylation is 1. The van der Waals surface area contributed by atoms with Crippen LogP contribution in [-0.4, -0.2) is 16.5 Å². The van der Waals surface area contributed by atoms with Crippen LogP contribution in [0.15, 0.2) is 29.2 Å². The number of benzene rings is 1. The molecule has 5 heteroatoms. The first-order valence-corrected chi connectivity index (χ1v) is 8.11. The van der Waals surface area contributed by atoms with Crippen LogP contribution in [0.1, 0.15) is 30.9 Å². The third-order valence-electron chi connectivity index (χ3n) is 3.14.